The molecule has 0 radical (unpaired) electrons. The number of unbranched alkanes of at least 4 members (excludes halogenated alkanes) is 12. The summed E-state index contributed by atoms with van der Waals surface area (Å²) in [5.74, 6) is 0. The summed E-state index contributed by atoms with van der Waals surface area (Å²) in [7, 11) is 7.12. The molecule has 0 N–H and O–H groups in total. The van der Waals surface area contributed by atoms with Crippen molar-refractivity contribution in [2.45, 2.75) is 150 Å². The van der Waals surface area contributed by atoms with Gasteiger partial charge in [0.05, 0.1) is 0 Å². The van der Waals surface area contributed by atoms with Crippen LogP contribution in [0, 0.1) is 0 Å². The monoisotopic (exact) mass is 500 g/mol. The van der Waals surface area contributed by atoms with Gasteiger partial charge in [-0.15, -0.1) is 0 Å². The molecule has 0 fully saturated rings. The van der Waals surface area contributed by atoms with Crippen LogP contribution < -0.4 is 0 Å². The summed E-state index contributed by atoms with van der Waals surface area (Å²) in [5, 5.41) is 0. The third kappa shape index (κ3) is 18.5. The quantitative estimate of drug-likeness (QED) is 0.109. The van der Waals surface area contributed by atoms with E-state index < -0.39 is 30.4 Å². The Labute approximate surface area is 183 Å². The Morgan fingerprint density at radius 2 is 0.692 bits per heavy atom. The fourth-order valence-corrected chi connectivity index (χ4v) is 10.6. The molecule has 0 atom stereocenters. The Bertz CT molecular complexity index is 409. The fraction of sp³-hybridized carbons (Fsp3) is 1.00. The second-order valence-corrected chi connectivity index (χ2v) is 18.3. The van der Waals surface area contributed by atoms with Crippen molar-refractivity contribution in [1.29, 1.82) is 0 Å². The molecule has 26 heavy (non-hydrogen) atoms. The predicted octanol–water partition coefficient (Wildman–Crippen LogP) is 10.3. The van der Waals surface area contributed by atoms with Crippen molar-refractivity contribution in [3.05, 3.63) is 0 Å². The Hall–Kier alpha value is 1.09. The first-order valence-corrected chi connectivity index (χ1v) is 19.5. The molecule has 0 spiro atoms. The molecule has 0 aliphatic heterocycles. The summed E-state index contributed by atoms with van der Waals surface area (Å²) in [6, 6.07) is 0. The number of hydrogen-bond donors (Lipinski definition) is 0. The van der Waals surface area contributed by atoms with Crippen LogP contribution in [0.2, 0.25) is 13.2 Å². The summed E-state index contributed by atoms with van der Waals surface area (Å²) in [6.45, 7) is 6.43. The molecular weight excluding hydrogens is 442 g/mol. The Morgan fingerprint density at radius 3 is 0.962 bits per heavy atom. The van der Waals surface area contributed by atoms with E-state index in [0.29, 0.717) is 19.3 Å². The van der Waals surface area contributed by atoms with E-state index in [0.717, 1.165) is 77.0 Å². The van der Waals surface area contributed by atoms with Crippen LogP contribution in [0.3, 0.4) is 0 Å². The maximum atomic E-state index is 8.91. The average molecular weight is 500 g/mol. The van der Waals surface area contributed by atoms with E-state index in [1.165, 1.54) is 0 Å². The normalized spacial score (nSPS) is 17.1. The molecule has 0 saturated carbocycles. The minimum absolute atomic E-state index is 0.195. The van der Waals surface area contributed by atoms with Crippen LogP contribution in [0.1, 0.15) is 145 Å². The van der Waals surface area contributed by atoms with Gasteiger partial charge in [0.25, 0.3) is 0 Å². The molecule has 0 amide bonds. The van der Waals surface area contributed by atoms with Crippen molar-refractivity contribution in [3.8, 4) is 0 Å². The summed E-state index contributed by atoms with van der Waals surface area (Å²) in [4.78, 5) is 0. The molecule has 0 saturated heterocycles. The summed E-state index contributed by atoms with van der Waals surface area (Å²) in [6.07, 6.45) is 15.2. The van der Waals surface area contributed by atoms with E-state index >= 15 is 0 Å². The van der Waals surface area contributed by atoms with Crippen LogP contribution >= 0.6 is 8.92 Å². The minimum atomic E-state index is -5.17. The Kier molecular flexibility index (Phi) is 14.3. The van der Waals surface area contributed by atoms with Gasteiger partial charge < -0.3 is 0 Å². The maximum absolute atomic E-state index is 8.91. The molecule has 0 aliphatic rings. The molecule has 2 heteroatoms. The van der Waals surface area contributed by atoms with Crippen LogP contribution in [-0.2, 0) is 0 Å². The predicted molar refractivity (Wildman–Crippen MR) is 126 cm³/mol. The number of halogens is 1. The van der Waals surface area contributed by atoms with Gasteiger partial charge in [-0.05, 0) is 0 Å². The van der Waals surface area contributed by atoms with Crippen molar-refractivity contribution in [3.63, 3.8) is 0 Å². The summed E-state index contributed by atoms with van der Waals surface area (Å²) in [5.41, 5.74) is 0. The zero-order valence-corrected chi connectivity index (χ0v) is 21.7. The second kappa shape index (κ2) is 20.8. The molecule has 0 aromatic heterocycles. The van der Waals surface area contributed by atoms with Gasteiger partial charge in [0, 0.05) is 0 Å². The van der Waals surface area contributed by atoms with Gasteiger partial charge in [-0.1, -0.05) is 0 Å². The van der Waals surface area contributed by atoms with E-state index in [1.807, 2.05) is 0 Å². The van der Waals surface area contributed by atoms with Crippen molar-refractivity contribution in [1.82, 2.24) is 0 Å². The average Bonchev–Trinajstić information content (AvgIpc) is 2.72. The van der Waals surface area contributed by atoms with Crippen LogP contribution in [0.5, 0.6) is 0 Å². The van der Waals surface area contributed by atoms with Crippen LogP contribution in [0.25, 0.3) is 0 Å². The molecule has 0 aliphatic carbocycles. The summed E-state index contributed by atoms with van der Waals surface area (Å²) >= 11 is -5.17. The Balaban J connectivity index is 5.52. The van der Waals surface area contributed by atoms with E-state index in [1.54, 1.807) is 0 Å². The molecule has 0 unspecified atom stereocenters. The third-order valence-electron chi connectivity index (χ3n) is 4.95. The molecule has 0 nitrogen and oxygen atoms in total. The molecule has 158 valence electrons. The molecule has 0 aromatic carbocycles. The first kappa shape index (κ1) is 17.9. The van der Waals surface area contributed by atoms with Gasteiger partial charge >= 0.3 is 184 Å². The van der Waals surface area contributed by atoms with E-state index in [4.69, 9.17) is 17.1 Å². The third-order valence-corrected chi connectivity index (χ3v) is 13.9. The molecule has 0 aromatic rings. The molecule has 0 bridgehead atoms. The van der Waals surface area contributed by atoms with E-state index in [-0.39, 0.29) is 19.3 Å². The zero-order valence-electron chi connectivity index (χ0n) is 24.1. The standard InChI is InChI=1S/3C8H17.ClH.Sn/c3*1-3-5-7-8-6-4-2;;/h3*1,3-8H2,2H3;1H;/q;;;;+1/p-1/i3*1D2;;. The van der Waals surface area contributed by atoms with Crippen molar-refractivity contribution >= 4 is 26.2 Å². The second-order valence-electron chi connectivity index (χ2n) is 7.68. The topological polar surface area (TPSA) is 0 Å². The van der Waals surface area contributed by atoms with Gasteiger partial charge in [-0.3, -0.25) is 0 Å². The van der Waals surface area contributed by atoms with Crippen molar-refractivity contribution in [2.24, 2.45) is 0 Å². The van der Waals surface area contributed by atoms with Crippen LogP contribution in [0.15, 0.2) is 0 Å². The molecular formula is C24H51ClSn. The van der Waals surface area contributed by atoms with Crippen LogP contribution in [-0.4, -0.2) is 17.3 Å². The van der Waals surface area contributed by atoms with Gasteiger partial charge in [0.2, 0.25) is 0 Å². The Morgan fingerprint density at radius 1 is 0.462 bits per heavy atom. The van der Waals surface area contributed by atoms with Gasteiger partial charge in [-0.25, -0.2) is 0 Å². The zero-order chi connectivity index (χ0) is 24.7. The molecule has 0 rings (SSSR count). The SMILES string of the molecule is [2H][C]([2H])(CCCCCCC)[Sn]([Cl])([C]([2H])([2H])CCCCCCC)[C]([2H])([2H])CCCCCCC. The first-order chi connectivity index (χ1) is 14.9. The van der Waals surface area contributed by atoms with Gasteiger partial charge in [0.1, 0.15) is 0 Å². The van der Waals surface area contributed by atoms with E-state index in [2.05, 4.69) is 20.8 Å². The van der Waals surface area contributed by atoms with Gasteiger partial charge in [-0.2, -0.15) is 0 Å². The van der Waals surface area contributed by atoms with Crippen LogP contribution in [0.4, 0.5) is 0 Å². The summed E-state index contributed by atoms with van der Waals surface area (Å²) < 4.78 is 47.7. The first-order valence-electron chi connectivity index (χ1n) is 14.6. The van der Waals surface area contributed by atoms with Crippen molar-refractivity contribution in [2.75, 3.05) is 0 Å². The number of rotatable bonds is 21. The molecule has 0 heterocycles. The fourth-order valence-electron chi connectivity index (χ4n) is 3.16. The van der Waals surface area contributed by atoms with E-state index in [9.17, 15) is 0 Å². The van der Waals surface area contributed by atoms with Gasteiger partial charge in [0.15, 0.2) is 0 Å². The number of hydrogen-bond acceptors (Lipinski definition) is 0. The van der Waals surface area contributed by atoms with Crippen molar-refractivity contribution < 1.29 is 8.22 Å².